The molecule has 2 aromatic carbocycles. The number of rotatable bonds is 8. The van der Waals surface area contributed by atoms with Crippen LogP contribution in [0.15, 0.2) is 54.5 Å². The summed E-state index contributed by atoms with van der Waals surface area (Å²) in [6, 6.07) is 13.5. The predicted molar refractivity (Wildman–Crippen MR) is 147 cm³/mol. The van der Waals surface area contributed by atoms with Crippen molar-refractivity contribution in [2.45, 2.75) is 13.2 Å². The number of nitrogens with two attached hydrogens (primary N) is 1. The van der Waals surface area contributed by atoms with Gasteiger partial charge in [0.1, 0.15) is 17.1 Å². The molecule has 0 aliphatic heterocycles. The van der Waals surface area contributed by atoms with Gasteiger partial charge < -0.3 is 25.7 Å². The summed E-state index contributed by atoms with van der Waals surface area (Å²) in [7, 11) is 3.95. The summed E-state index contributed by atoms with van der Waals surface area (Å²) in [6.45, 7) is 8.01. The molecule has 0 spiro atoms. The van der Waals surface area contributed by atoms with Crippen molar-refractivity contribution in [3.05, 3.63) is 82.0 Å². The highest BCUT2D eigenvalue weighted by atomic mass is 32.1. The minimum absolute atomic E-state index is 0.0174. The second-order valence-corrected chi connectivity index (χ2v) is 9.58. The van der Waals surface area contributed by atoms with Crippen molar-refractivity contribution in [3.8, 4) is 5.88 Å². The van der Waals surface area contributed by atoms with Crippen LogP contribution in [0.5, 0.6) is 5.88 Å². The highest BCUT2D eigenvalue weighted by Crippen LogP contribution is 2.28. The van der Waals surface area contributed by atoms with E-state index >= 15 is 0 Å². The van der Waals surface area contributed by atoms with Crippen LogP contribution in [0.1, 0.15) is 16.1 Å². The minimum atomic E-state index is -0.453. The third kappa shape index (κ3) is 5.37. The number of ether oxygens (including phenoxy) is 1. The summed E-state index contributed by atoms with van der Waals surface area (Å²) >= 11 is 1.44. The van der Waals surface area contributed by atoms with Crippen LogP contribution >= 0.6 is 11.3 Å². The van der Waals surface area contributed by atoms with Crippen molar-refractivity contribution in [2.24, 2.45) is 0 Å². The highest BCUT2D eigenvalue weighted by Gasteiger charge is 2.13. The molecule has 3 heterocycles. The molecule has 3 aromatic heterocycles. The molecule has 12 heteroatoms. The van der Waals surface area contributed by atoms with Crippen molar-refractivity contribution in [2.75, 3.05) is 24.7 Å². The summed E-state index contributed by atoms with van der Waals surface area (Å²) in [6.07, 6.45) is 3.03. The van der Waals surface area contributed by atoms with Crippen LogP contribution < -0.4 is 20.7 Å². The zero-order chi connectivity index (χ0) is 26.6. The number of imidazole rings is 1. The number of nitrogens with one attached hydrogen (secondary N) is 2. The molecule has 5 aromatic rings. The zero-order valence-electron chi connectivity index (χ0n) is 20.6. The first-order valence-corrected chi connectivity index (χ1v) is 12.3. The molecule has 190 valence electrons. The maximum atomic E-state index is 12.7. The van der Waals surface area contributed by atoms with Crippen molar-refractivity contribution in [1.29, 1.82) is 0 Å². The standard InChI is InChI=1S/C26H23N9O2S/c1-28-19(11-21-32-18-9-8-17(35(2)3)10-20(18)38-21)24(36)29-12-15-4-6-16(7-5-15)13-37-25-22-23(31-14-30-22)33-26(27)34-25/h4-11,14H,12-13H2,2-3H3,(H,29,36)(H3,27,30,31,33,34)/b19-11-. The van der Waals surface area contributed by atoms with E-state index in [-0.39, 0.29) is 24.8 Å². The topological polar surface area (TPSA) is 139 Å². The van der Waals surface area contributed by atoms with Crippen LogP contribution in [0.4, 0.5) is 11.6 Å². The van der Waals surface area contributed by atoms with E-state index in [4.69, 9.17) is 17.0 Å². The van der Waals surface area contributed by atoms with E-state index in [2.05, 4.69) is 35.1 Å². The molecule has 0 aliphatic rings. The first-order valence-electron chi connectivity index (χ1n) is 11.5. The average molecular weight is 526 g/mol. The number of H-pyrrole nitrogens is 1. The summed E-state index contributed by atoms with van der Waals surface area (Å²) < 4.78 is 6.80. The first kappa shape index (κ1) is 24.7. The van der Waals surface area contributed by atoms with Gasteiger partial charge in [-0.15, -0.1) is 11.3 Å². The van der Waals surface area contributed by atoms with Gasteiger partial charge in [-0.2, -0.15) is 9.97 Å². The maximum absolute atomic E-state index is 12.7. The molecular weight excluding hydrogens is 502 g/mol. The summed E-state index contributed by atoms with van der Waals surface area (Å²) in [5, 5.41) is 3.42. The van der Waals surface area contributed by atoms with Gasteiger partial charge in [0.15, 0.2) is 5.65 Å². The number of anilines is 2. The Labute approximate surface area is 221 Å². The number of carbonyl (C=O) groups is 1. The number of nitrogen functional groups attached to an aromatic ring is 1. The molecule has 0 saturated heterocycles. The number of aromatic nitrogens is 5. The third-order valence-corrected chi connectivity index (χ3v) is 6.60. The van der Waals surface area contributed by atoms with Gasteiger partial charge in [-0.05, 0) is 35.4 Å². The Hall–Kier alpha value is -5.02. The van der Waals surface area contributed by atoms with Crippen LogP contribution in [0, 0.1) is 6.57 Å². The van der Waals surface area contributed by atoms with Crippen LogP contribution in [0.25, 0.3) is 32.3 Å². The van der Waals surface area contributed by atoms with Crippen LogP contribution in [0.2, 0.25) is 0 Å². The molecule has 1 amide bonds. The van der Waals surface area contributed by atoms with Gasteiger partial charge in [0.25, 0.3) is 11.6 Å². The third-order valence-electron chi connectivity index (χ3n) is 5.64. The van der Waals surface area contributed by atoms with Gasteiger partial charge in [0.05, 0.1) is 23.1 Å². The summed E-state index contributed by atoms with van der Waals surface area (Å²) in [4.78, 5) is 37.8. The fraction of sp³-hybridized carbons (Fsp3) is 0.154. The lowest BCUT2D eigenvalue weighted by atomic mass is 10.1. The van der Waals surface area contributed by atoms with E-state index in [1.54, 1.807) is 0 Å². The molecule has 0 fully saturated rings. The first-order chi connectivity index (χ1) is 18.4. The molecule has 38 heavy (non-hydrogen) atoms. The normalized spacial score (nSPS) is 11.4. The Kier molecular flexibility index (Phi) is 6.84. The molecule has 4 N–H and O–H groups in total. The summed E-state index contributed by atoms with van der Waals surface area (Å²) in [5.74, 6) is -0.0447. The molecule has 5 rings (SSSR count). The average Bonchev–Trinajstić information content (AvgIpc) is 3.55. The number of aromatic amines is 1. The zero-order valence-corrected chi connectivity index (χ0v) is 21.4. The van der Waals surface area contributed by atoms with Crippen LogP contribution in [0.3, 0.4) is 0 Å². The van der Waals surface area contributed by atoms with Crippen molar-refractivity contribution >= 4 is 56.3 Å². The van der Waals surface area contributed by atoms with Gasteiger partial charge >= 0.3 is 0 Å². The SMILES string of the molecule is [C-]#[N+]/C(=C\c1nc2ccc(N(C)C)cc2s1)C(=O)NCc1ccc(COc2nc(N)nc3nc[nH]c23)cc1. The van der Waals surface area contributed by atoms with Gasteiger partial charge in [-0.3, -0.25) is 4.79 Å². The van der Waals surface area contributed by atoms with Crippen LogP contribution in [-0.2, 0) is 17.9 Å². The van der Waals surface area contributed by atoms with E-state index in [1.165, 1.54) is 23.7 Å². The van der Waals surface area contributed by atoms with E-state index in [0.29, 0.717) is 22.1 Å². The number of nitrogens with zero attached hydrogens (tertiary/aromatic N) is 6. The number of carbonyl (C=O) groups excluding carboxylic acids is 1. The van der Waals surface area contributed by atoms with Gasteiger partial charge in [0, 0.05) is 26.3 Å². The number of hydrogen-bond donors (Lipinski definition) is 3. The van der Waals surface area contributed by atoms with Gasteiger partial charge in [-0.1, -0.05) is 24.3 Å². The monoisotopic (exact) mass is 525 g/mol. The van der Waals surface area contributed by atoms with E-state index in [9.17, 15) is 4.79 Å². The van der Waals surface area contributed by atoms with E-state index in [0.717, 1.165) is 27.0 Å². The largest absolute Gasteiger partial charge is 0.471 e. The number of amides is 1. The number of thiazole rings is 1. The van der Waals surface area contributed by atoms with Gasteiger partial charge in [-0.25, -0.2) is 14.8 Å². The lowest BCUT2D eigenvalue weighted by Gasteiger charge is -2.11. The minimum Gasteiger partial charge on any atom is -0.471 e. The molecule has 0 bridgehead atoms. The molecule has 0 atom stereocenters. The maximum Gasteiger partial charge on any atom is 0.252 e. The molecule has 11 nitrogen and oxygen atoms in total. The molecular formula is C26H23N9O2S. The van der Waals surface area contributed by atoms with E-state index < -0.39 is 5.91 Å². The fourth-order valence-corrected chi connectivity index (χ4v) is 4.58. The van der Waals surface area contributed by atoms with Crippen molar-refractivity contribution in [1.82, 2.24) is 30.2 Å². The van der Waals surface area contributed by atoms with Crippen molar-refractivity contribution in [3.63, 3.8) is 0 Å². The van der Waals surface area contributed by atoms with Gasteiger partial charge in [0.2, 0.25) is 11.8 Å². The lowest BCUT2D eigenvalue weighted by Crippen LogP contribution is -2.23. The molecule has 0 radical (unpaired) electrons. The molecule has 0 unspecified atom stereocenters. The fourth-order valence-electron chi connectivity index (χ4n) is 3.64. The molecule has 0 saturated carbocycles. The van der Waals surface area contributed by atoms with E-state index in [1.807, 2.05) is 61.5 Å². The number of hydrogen-bond acceptors (Lipinski definition) is 9. The Balaban J connectivity index is 1.20. The Morgan fingerprint density at radius 3 is 2.74 bits per heavy atom. The summed E-state index contributed by atoms with van der Waals surface area (Å²) in [5.41, 5.74) is 10.4. The lowest BCUT2D eigenvalue weighted by molar-refractivity contribution is -0.117. The number of benzene rings is 2. The Morgan fingerprint density at radius 1 is 1.18 bits per heavy atom. The second-order valence-electron chi connectivity index (χ2n) is 8.52. The molecule has 0 aliphatic carbocycles. The van der Waals surface area contributed by atoms with Crippen molar-refractivity contribution < 1.29 is 9.53 Å². The Morgan fingerprint density at radius 2 is 1.97 bits per heavy atom. The smallest absolute Gasteiger partial charge is 0.252 e. The van der Waals surface area contributed by atoms with Crippen LogP contribution in [-0.4, -0.2) is 44.9 Å². The number of fused-ring (bicyclic) bond motifs is 2. The second kappa shape index (κ2) is 10.5. The Bertz CT molecular complexity index is 1700. The predicted octanol–water partition coefficient (Wildman–Crippen LogP) is 3.77. The quantitative estimate of drug-likeness (QED) is 0.206. The highest BCUT2D eigenvalue weighted by molar-refractivity contribution is 7.19.